The highest BCUT2D eigenvalue weighted by Gasteiger charge is 2.12. The van der Waals surface area contributed by atoms with E-state index in [9.17, 15) is 5.11 Å². The zero-order chi connectivity index (χ0) is 17.2. The molecule has 0 unspecified atom stereocenters. The molecule has 4 rings (SSSR count). The third-order valence-corrected chi connectivity index (χ3v) is 4.48. The van der Waals surface area contributed by atoms with Crippen molar-refractivity contribution in [3.05, 3.63) is 40.6 Å². The van der Waals surface area contributed by atoms with Crippen LogP contribution < -0.4 is 4.90 Å². The van der Waals surface area contributed by atoms with Crippen LogP contribution in [0.15, 0.2) is 40.1 Å². The maximum Gasteiger partial charge on any atom is 0.199 e. The van der Waals surface area contributed by atoms with E-state index in [1.165, 1.54) is 0 Å². The van der Waals surface area contributed by atoms with Crippen molar-refractivity contribution in [2.45, 2.75) is 0 Å². The summed E-state index contributed by atoms with van der Waals surface area (Å²) in [5.41, 5.74) is 1.93. The molecule has 1 saturated heterocycles. The van der Waals surface area contributed by atoms with Gasteiger partial charge in [-0.25, -0.2) is 9.97 Å². The van der Waals surface area contributed by atoms with Gasteiger partial charge < -0.3 is 19.7 Å². The van der Waals surface area contributed by atoms with Gasteiger partial charge in [-0.05, 0) is 34.1 Å². The van der Waals surface area contributed by atoms with Gasteiger partial charge in [-0.15, -0.1) is 0 Å². The van der Waals surface area contributed by atoms with Crippen molar-refractivity contribution in [2.24, 2.45) is 4.99 Å². The Morgan fingerprint density at radius 1 is 1.24 bits per heavy atom. The first-order valence-corrected chi connectivity index (χ1v) is 8.69. The Kier molecular flexibility index (Phi) is 4.37. The lowest BCUT2D eigenvalue weighted by Gasteiger charge is -2.27. The SMILES string of the molecule is Oc1[nH]c2ncc(Br)cc2c1C=Nc1ccc(N2CCOCC2)nc1. The zero-order valence-corrected chi connectivity index (χ0v) is 14.9. The molecule has 0 radical (unpaired) electrons. The maximum absolute atomic E-state index is 10.1. The van der Waals surface area contributed by atoms with Crippen LogP contribution in [0.1, 0.15) is 5.56 Å². The van der Waals surface area contributed by atoms with Gasteiger partial charge in [0.15, 0.2) is 5.88 Å². The highest BCUT2D eigenvalue weighted by Crippen LogP contribution is 2.27. The number of morpholine rings is 1. The molecule has 0 atom stereocenters. The molecule has 4 heterocycles. The Morgan fingerprint density at radius 2 is 2.08 bits per heavy atom. The molecule has 0 aliphatic carbocycles. The Morgan fingerprint density at radius 3 is 2.84 bits per heavy atom. The summed E-state index contributed by atoms with van der Waals surface area (Å²) in [7, 11) is 0. The number of anilines is 1. The van der Waals surface area contributed by atoms with E-state index < -0.39 is 0 Å². The number of aromatic amines is 1. The van der Waals surface area contributed by atoms with Crippen LogP contribution in [0, 0.1) is 0 Å². The number of rotatable bonds is 3. The Balaban J connectivity index is 1.57. The molecule has 1 aliphatic rings. The summed E-state index contributed by atoms with van der Waals surface area (Å²) in [5, 5.41) is 10.9. The minimum absolute atomic E-state index is 0.0437. The van der Waals surface area contributed by atoms with E-state index in [0.717, 1.165) is 42.0 Å². The van der Waals surface area contributed by atoms with Crippen molar-refractivity contribution >= 4 is 44.7 Å². The van der Waals surface area contributed by atoms with Crippen molar-refractivity contribution in [3.8, 4) is 5.88 Å². The van der Waals surface area contributed by atoms with E-state index in [1.54, 1.807) is 18.6 Å². The molecule has 1 aliphatic heterocycles. The number of H-pyrrole nitrogens is 1. The summed E-state index contributed by atoms with van der Waals surface area (Å²) in [6.45, 7) is 3.15. The van der Waals surface area contributed by atoms with Gasteiger partial charge in [0.25, 0.3) is 0 Å². The first kappa shape index (κ1) is 16.0. The number of nitrogens with one attached hydrogen (secondary N) is 1. The summed E-state index contributed by atoms with van der Waals surface area (Å²) in [6, 6.07) is 5.75. The van der Waals surface area contributed by atoms with Gasteiger partial charge in [-0.2, -0.15) is 0 Å². The Labute approximate surface area is 152 Å². The maximum atomic E-state index is 10.1. The van der Waals surface area contributed by atoms with E-state index >= 15 is 0 Å². The summed E-state index contributed by atoms with van der Waals surface area (Å²) in [4.78, 5) is 18.1. The smallest absolute Gasteiger partial charge is 0.199 e. The van der Waals surface area contributed by atoms with Gasteiger partial charge in [-0.3, -0.25) is 4.99 Å². The molecule has 0 saturated carbocycles. The number of pyridine rings is 2. The topological polar surface area (TPSA) is 86.6 Å². The van der Waals surface area contributed by atoms with Crippen LogP contribution >= 0.6 is 15.9 Å². The number of aromatic hydroxyl groups is 1. The van der Waals surface area contributed by atoms with Gasteiger partial charge in [0.1, 0.15) is 11.5 Å². The fourth-order valence-electron chi connectivity index (χ4n) is 2.76. The summed E-state index contributed by atoms with van der Waals surface area (Å²) in [6.07, 6.45) is 5.02. The van der Waals surface area contributed by atoms with Crippen molar-refractivity contribution in [1.29, 1.82) is 0 Å². The predicted molar refractivity (Wildman–Crippen MR) is 100.0 cm³/mol. The molecular formula is C17H16BrN5O2. The molecule has 3 aromatic heterocycles. The van der Waals surface area contributed by atoms with Crippen LogP contribution in [0.3, 0.4) is 0 Å². The van der Waals surface area contributed by atoms with Gasteiger partial charge in [0.2, 0.25) is 0 Å². The van der Waals surface area contributed by atoms with E-state index in [1.807, 2.05) is 18.2 Å². The summed E-state index contributed by atoms with van der Waals surface area (Å²) in [5.74, 6) is 0.965. The number of nitrogens with zero attached hydrogens (tertiary/aromatic N) is 4. The average molecular weight is 402 g/mol. The second-order valence-electron chi connectivity index (χ2n) is 5.67. The molecule has 0 aromatic carbocycles. The van der Waals surface area contributed by atoms with Crippen LogP contribution in [0.25, 0.3) is 11.0 Å². The van der Waals surface area contributed by atoms with E-state index in [2.05, 4.69) is 40.8 Å². The normalized spacial score (nSPS) is 15.3. The van der Waals surface area contributed by atoms with E-state index in [0.29, 0.717) is 16.9 Å². The van der Waals surface area contributed by atoms with Crippen molar-refractivity contribution in [2.75, 3.05) is 31.2 Å². The lowest BCUT2D eigenvalue weighted by atomic mass is 10.2. The largest absolute Gasteiger partial charge is 0.494 e. The lowest BCUT2D eigenvalue weighted by Crippen LogP contribution is -2.36. The highest BCUT2D eigenvalue weighted by molar-refractivity contribution is 9.10. The fraction of sp³-hybridized carbons (Fsp3) is 0.235. The second-order valence-corrected chi connectivity index (χ2v) is 6.58. The molecular weight excluding hydrogens is 386 g/mol. The van der Waals surface area contributed by atoms with Gasteiger partial charge >= 0.3 is 0 Å². The summed E-state index contributed by atoms with van der Waals surface area (Å²) < 4.78 is 6.19. The Bertz CT molecular complexity index is 917. The third-order valence-electron chi connectivity index (χ3n) is 4.05. The lowest BCUT2D eigenvalue weighted by molar-refractivity contribution is 0.122. The van der Waals surface area contributed by atoms with Gasteiger partial charge in [0.05, 0.1) is 30.7 Å². The summed E-state index contributed by atoms with van der Waals surface area (Å²) >= 11 is 3.39. The number of fused-ring (bicyclic) bond motifs is 1. The van der Waals surface area contributed by atoms with Crippen LogP contribution in [0.2, 0.25) is 0 Å². The molecule has 7 nitrogen and oxygen atoms in total. The number of ether oxygens (including phenoxy) is 1. The van der Waals surface area contributed by atoms with Crippen molar-refractivity contribution in [3.63, 3.8) is 0 Å². The molecule has 3 aromatic rings. The highest BCUT2D eigenvalue weighted by atomic mass is 79.9. The van der Waals surface area contributed by atoms with Crippen LogP contribution in [-0.4, -0.2) is 52.6 Å². The van der Waals surface area contributed by atoms with Crippen LogP contribution in [0.4, 0.5) is 11.5 Å². The van der Waals surface area contributed by atoms with E-state index in [4.69, 9.17) is 4.74 Å². The van der Waals surface area contributed by atoms with Gasteiger partial charge in [-0.1, -0.05) is 0 Å². The third kappa shape index (κ3) is 3.35. The molecule has 1 fully saturated rings. The second kappa shape index (κ2) is 6.81. The molecule has 8 heteroatoms. The number of aromatic nitrogens is 3. The number of hydrogen-bond acceptors (Lipinski definition) is 6. The predicted octanol–water partition coefficient (Wildman–Crippen LogP) is 3.01. The van der Waals surface area contributed by atoms with Crippen LogP contribution in [-0.2, 0) is 4.74 Å². The van der Waals surface area contributed by atoms with Crippen molar-refractivity contribution < 1.29 is 9.84 Å². The quantitative estimate of drug-likeness (QED) is 0.658. The molecule has 25 heavy (non-hydrogen) atoms. The Hall–Kier alpha value is -2.45. The molecule has 2 N–H and O–H groups in total. The first-order chi connectivity index (χ1) is 12.2. The average Bonchev–Trinajstić information content (AvgIpc) is 2.96. The molecule has 128 valence electrons. The number of aliphatic imine (C=N–C) groups is 1. The minimum Gasteiger partial charge on any atom is -0.494 e. The standard InChI is InChI=1S/C17H16BrN5O2/c18-11-7-13-14(17(24)22-16(13)21-8-11)10-19-12-1-2-15(20-9-12)23-3-5-25-6-4-23/h1-2,7-10,24H,3-6H2,(H,21,22). The molecule has 0 spiro atoms. The number of halogens is 1. The van der Waals surface area contributed by atoms with Crippen molar-refractivity contribution in [1.82, 2.24) is 15.0 Å². The molecule has 0 amide bonds. The number of hydrogen-bond donors (Lipinski definition) is 2. The zero-order valence-electron chi connectivity index (χ0n) is 13.3. The van der Waals surface area contributed by atoms with E-state index in [-0.39, 0.29) is 5.88 Å². The van der Waals surface area contributed by atoms with Gasteiger partial charge in [0, 0.05) is 35.4 Å². The monoisotopic (exact) mass is 401 g/mol. The van der Waals surface area contributed by atoms with Crippen LogP contribution in [0.5, 0.6) is 5.88 Å². The minimum atomic E-state index is 0.0437. The fourth-order valence-corrected chi connectivity index (χ4v) is 3.09. The molecule has 0 bridgehead atoms. The first-order valence-electron chi connectivity index (χ1n) is 7.90.